The highest BCUT2D eigenvalue weighted by Gasteiger charge is 2.30. The van der Waals surface area contributed by atoms with Gasteiger partial charge in [-0.05, 0) is 51.0 Å². The molecule has 2 fully saturated rings. The Labute approximate surface area is 178 Å². The van der Waals surface area contributed by atoms with Crippen LogP contribution < -0.4 is 10.6 Å². The van der Waals surface area contributed by atoms with Crippen molar-refractivity contribution in [3.05, 3.63) is 36.0 Å². The van der Waals surface area contributed by atoms with Crippen molar-refractivity contribution < 1.29 is 4.74 Å². The number of hydrogen-bond donors (Lipinski definition) is 1. The van der Waals surface area contributed by atoms with Crippen LogP contribution in [0.3, 0.4) is 0 Å². The van der Waals surface area contributed by atoms with Crippen LogP contribution in [-0.4, -0.2) is 41.5 Å². The zero-order chi connectivity index (χ0) is 20.3. The third-order valence-electron chi connectivity index (χ3n) is 5.85. The predicted molar refractivity (Wildman–Crippen MR) is 122 cm³/mol. The topological polar surface area (TPSA) is 64.3 Å². The number of nitrogens with two attached hydrogens (primary N) is 1. The number of nitrogens with zero attached hydrogens (tertiary/aromatic N) is 3. The van der Waals surface area contributed by atoms with E-state index in [1.54, 1.807) is 0 Å². The van der Waals surface area contributed by atoms with Crippen LogP contribution in [0.25, 0.3) is 11.4 Å². The SMILES string of the molecule is CC(C)(SC1CCCCC1)c1cc(N2CCOCC2)nc(-c2ccc(N)cc2)n1. The molecule has 29 heavy (non-hydrogen) atoms. The fraction of sp³-hybridized carbons (Fsp3) is 0.565. The molecule has 5 nitrogen and oxygen atoms in total. The smallest absolute Gasteiger partial charge is 0.161 e. The van der Waals surface area contributed by atoms with Gasteiger partial charge in [-0.15, -0.1) is 11.8 Å². The lowest BCUT2D eigenvalue weighted by atomic mass is 10.0. The van der Waals surface area contributed by atoms with Gasteiger partial charge in [-0.25, -0.2) is 9.97 Å². The first kappa shape index (κ1) is 20.5. The Morgan fingerprint density at radius 2 is 1.72 bits per heavy atom. The number of morpholine rings is 1. The van der Waals surface area contributed by atoms with Gasteiger partial charge in [0.25, 0.3) is 0 Å². The van der Waals surface area contributed by atoms with Crippen molar-refractivity contribution in [1.82, 2.24) is 9.97 Å². The van der Waals surface area contributed by atoms with Crippen molar-refractivity contribution in [1.29, 1.82) is 0 Å². The summed E-state index contributed by atoms with van der Waals surface area (Å²) >= 11 is 2.08. The molecule has 1 saturated carbocycles. The van der Waals surface area contributed by atoms with E-state index in [1.165, 1.54) is 32.1 Å². The van der Waals surface area contributed by atoms with Crippen molar-refractivity contribution in [2.24, 2.45) is 0 Å². The molecule has 1 saturated heterocycles. The summed E-state index contributed by atoms with van der Waals surface area (Å²) in [6.07, 6.45) is 6.73. The molecule has 2 aromatic rings. The number of benzene rings is 1. The average Bonchev–Trinajstić information content (AvgIpc) is 2.75. The van der Waals surface area contributed by atoms with Gasteiger partial charge in [-0.1, -0.05) is 19.3 Å². The summed E-state index contributed by atoms with van der Waals surface area (Å²) in [5, 5.41) is 0.723. The number of aromatic nitrogens is 2. The van der Waals surface area contributed by atoms with Crippen LogP contribution in [0.2, 0.25) is 0 Å². The first-order valence-corrected chi connectivity index (χ1v) is 11.7. The van der Waals surface area contributed by atoms with E-state index in [2.05, 4.69) is 36.6 Å². The highest BCUT2D eigenvalue weighted by Crippen LogP contribution is 2.43. The standard InChI is InChI=1S/C23H32N4OS/c1-23(2,29-19-6-4-3-5-7-19)20-16-21(27-12-14-28-15-13-27)26-22(25-20)17-8-10-18(24)11-9-17/h8-11,16,19H,3-7,12-15,24H2,1-2H3. The number of anilines is 2. The van der Waals surface area contributed by atoms with Gasteiger partial charge in [-0.2, -0.15) is 0 Å². The molecule has 2 aliphatic rings. The van der Waals surface area contributed by atoms with Crippen molar-refractivity contribution in [3.8, 4) is 11.4 Å². The number of nitrogen functional groups attached to an aromatic ring is 1. The Morgan fingerprint density at radius 3 is 2.41 bits per heavy atom. The number of hydrogen-bond acceptors (Lipinski definition) is 6. The molecule has 1 aliphatic heterocycles. The van der Waals surface area contributed by atoms with Gasteiger partial charge in [0, 0.05) is 35.7 Å². The van der Waals surface area contributed by atoms with Crippen molar-refractivity contribution in [2.45, 2.75) is 55.9 Å². The molecule has 1 aliphatic carbocycles. The lowest BCUT2D eigenvalue weighted by Gasteiger charge is -2.33. The molecule has 0 amide bonds. The fourth-order valence-corrected chi connectivity index (χ4v) is 5.75. The van der Waals surface area contributed by atoms with Gasteiger partial charge in [0.1, 0.15) is 5.82 Å². The minimum Gasteiger partial charge on any atom is -0.399 e. The van der Waals surface area contributed by atoms with Gasteiger partial charge in [0.2, 0.25) is 0 Å². The largest absolute Gasteiger partial charge is 0.399 e. The lowest BCUT2D eigenvalue weighted by Crippen LogP contribution is -2.37. The zero-order valence-corrected chi connectivity index (χ0v) is 18.4. The second-order valence-electron chi connectivity index (χ2n) is 8.54. The predicted octanol–water partition coefficient (Wildman–Crippen LogP) is 4.86. The molecular formula is C23H32N4OS. The Hall–Kier alpha value is -1.79. The van der Waals surface area contributed by atoms with Crippen molar-refractivity contribution in [2.75, 3.05) is 36.9 Å². The maximum atomic E-state index is 5.89. The van der Waals surface area contributed by atoms with E-state index >= 15 is 0 Å². The molecule has 1 aromatic carbocycles. The van der Waals surface area contributed by atoms with Crippen LogP contribution in [0.15, 0.2) is 30.3 Å². The molecule has 2 heterocycles. The number of thioether (sulfide) groups is 1. The van der Waals surface area contributed by atoms with Crippen LogP contribution >= 0.6 is 11.8 Å². The van der Waals surface area contributed by atoms with E-state index in [0.717, 1.165) is 60.1 Å². The molecule has 0 unspecified atom stereocenters. The lowest BCUT2D eigenvalue weighted by molar-refractivity contribution is 0.122. The zero-order valence-electron chi connectivity index (χ0n) is 17.6. The molecule has 0 radical (unpaired) electrons. The minimum absolute atomic E-state index is 0.0610. The third-order valence-corrected chi connectivity index (χ3v) is 7.45. The van der Waals surface area contributed by atoms with Gasteiger partial charge in [-0.3, -0.25) is 0 Å². The summed E-state index contributed by atoms with van der Waals surface area (Å²) in [6.45, 7) is 7.85. The molecule has 6 heteroatoms. The Bertz CT molecular complexity index is 812. The molecule has 1 aromatic heterocycles. The quantitative estimate of drug-likeness (QED) is 0.707. The Kier molecular flexibility index (Phi) is 6.30. The molecule has 156 valence electrons. The first-order valence-electron chi connectivity index (χ1n) is 10.8. The highest BCUT2D eigenvalue weighted by molar-refractivity contribution is 8.00. The maximum Gasteiger partial charge on any atom is 0.161 e. The van der Waals surface area contributed by atoms with Crippen LogP contribution in [0.5, 0.6) is 0 Å². The summed E-state index contributed by atoms with van der Waals surface area (Å²) in [7, 11) is 0. The number of ether oxygens (including phenoxy) is 1. The Balaban J connectivity index is 1.69. The van der Waals surface area contributed by atoms with E-state index in [1.807, 2.05) is 24.3 Å². The summed E-state index contributed by atoms with van der Waals surface area (Å²) in [4.78, 5) is 12.3. The van der Waals surface area contributed by atoms with Crippen LogP contribution in [0, 0.1) is 0 Å². The van der Waals surface area contributed by atoms with E-state index < -0.39 is 0 Å². The summed E-state index contributed by atoms with van der Waals surface area (Å²) in [5.74, 6) is 1.78. The van der Waals surface area contributed by atoms with Gasteiger partial charge in [0.05, 0.1) is 23.7 Å². The molecule has 0 spiro atoms. The van der Waals surface area contributed by atoms with Crippen molar-refractivity contribution >= 4 is 23.3 Å². The molecule has 2 N–H and O–H groups in total. The van der Waals surface area contributed by atoms with E-state index in [4.69, 9.17) is 20.4 Å². The molecule has 4 rings (SSSR count). The van der Waals surface area contributed by atoms with E-state index in [9.17, 15) is 0 Å². The second kappa shape index (κ2) is 8.92. The second-order valence-corrected chi connectivity index (χ2v) is 10.5. The minimum atomic E-state index is -0.0610. The van der Waals surface area contributed by atoms with Gasteiger partial charge < -0.3 is 15.4 Å². The third kappa shape index (κ3) is 5.04. The number of rotatable bonds is 5. The summed E-state index contributed by atoms with van der Waals surface area (Å²) < 4.78 is 5.48. The van der Waals surface area contributed by atoms with Crippen LogP contribution in [-0.2, 0) is 9.48 Å². The molecular weight excluding hydrogens is 380 g/mol. The van der Waals surface area contributed by atoms with Gasteiger partial charge in [0.15, 0.2) is 5.82 Å². The molecule has 0 bridgehead atoms. The van der Waals surface area contributed by atoms with Crippen LogP contribution in [0.4, 0.5) is 11.5 Å². The first-order chi connectivity index (χ1) is 14.0. The summed E-state index contributed by atoms with van der Waals surface area (Å²) in [5.41, 5.74) is 8.76. The van der Waals surface area contributed by atoms with Gasteiger partial charge >= 0.3 is 0 Å². The van der Waals surface area contributed by atoms with Crippen LogP contribution in [0.1, 0.15) is 51.6 Å². The van der Waals surface area contributed by atoms with E-state index in [0.29, 0.717) is 0 Å². The normalized spacial score (nSPS) is 18.8. The fourth-order valence-electron chi connectivity index (χ4n) is 4.12. The van der Waals surface area contributed by atoms with E-state index in [-0.39, 0.29) is 4.75 Å². The maximum absolute atomic E-state index is 5.89. The molecule has 0 atom stereocenters. The monoisotopic (exact) mass is 412 g/mol. The average molecular weight is 413 g/mol. The highest BCUT2D eigenvalue weighted by atomic mass is 32.2. The Morgan fingerprint density at radius 1 is 1.03 bits per heavy atom. The van der Waals surface area contributed by atoms with Crippen molar-refractivity contribution in [3.63, 3.8) is 0 Å². The summed E-state index contributed by atoms with van der Waals surface area (Å²) in [6, 6.07) is 10.1.